The summed E-state index contributed by atoms with van der Waals surface area (Å²) in [5, 5.41) is 2.26. The van der Waals surface area contributed by atoms with E-state index in [-0.39, 0.29) is 0 Å². The molecular weight excluding hydrogens is 246 g/mol. The Labute approximate surface area is 115 Å². The molecule has 1 saturated carbocycles. The van der Waals surface area contributed by atoms with Crippen molar-refractivity contribution in [1.82, 2.24) is 0 Å². The van der Waals surface area contributed by atoms with Crippen LogP contribution in [0.4, 0.5) is 0 Å². The summed E-state index contributed by atoms with van der Waals surface area (Å²) < 4.78 is 0. The van der Waals surface area contributed by atoms with Gasteiger partial charge in [-0.2, -0.15) is 23.5 Å². The Kier molecular flexibility index (Phi) is 5.14. The van der Waals surface area contributed by atoms with Crippen LogP contribution in [-0.4, -0.2) is 27.5 Å². The highest BCUT2D eigenvalue weighted by molar-refractivity contribution is 8.07. The van der Waals surface area contributed by atoms with Crippen LogP contribution in [0.25, 0.3) is 0 Å². The summed E-state index contributed by atoms with van der Waals surface area (Å²) >= 11 is 4.28. The predicted molar refractivity (Wildman–Crippen MR) is 81.9 cm³/mol. The fourth-order valence-corrected chi connectivity index (χ4v) is 6.28. The molecule has 0 spiro atoms. The molecule has 100 valence electrons. The summed E-state index contributed by atoms with van der Waals surface area (Å²) in [7, 11) is 0. The molecule has 2 N–H and O–H groups in total. The molecule has 2 rings (SSSR count). The molecular formula is C14H27NS2. The van der Waals surface area contributed by atoms with Gasteiger partial charge in [0.15, 0.2) is 0 Å². The van der Waals surface area contributed by atoms with Gasteiger partial charge in [0.05, 0.1) is 0 Å². The molecule has 1 heterocycles. The van der Waals surface area contributed by atoms with E-state index in [0.717, 1.165) is 22.3 Å². The standard InChI is InChI=1S/C14H27NS2/c1-9-5-4-6-12(7-9)14(15)13-8-16-10(2)11(3)17-13/h9-14H,4-8,15H2,1-3H3. The Morgan fingerprint density at radius 3 is 2.53 bits per heavy atom. The first kappa shape index (κ1) is 14.1. The molecule has 6 unspecified atom stereocenters. The van der Waals surface area contributed by atoms with Crippen molar-refractivity contribution in [2.75, 3.05) is 5.75 Å². The van der Waals surface area contributed by atoms with Crippen LogP contribution in [0.3, 0.4) is 0 Å². The minimum absolute atomic E-state index is 0.435. The van der Waals surface area contributed by atoms with Crippen LogP contribution in [0.1, 0.15) is 46.5 Å². The van der Waals surface area contributed by atoms with E-state index in [1.165, 1.54) is 31.4 Å². The summed E-state index contributed by atoms with van der Waals surface area (Å²) in [6.45, 7) is 7.11. The Bertz CT molecular complexity index is 246. The molecule has 0 aromatic heterocycles. The second-order valence-electron chi connectivity index (χ2n) is 6.03. The van der Waals surface area contributed by atoms with E-state index in [9.17, 15) is 0 Å². The molecule has 1 aliphatic heterocycles. The van der Waals surface area contributed by atoms with Gasteiger partial charge in [0, 0.05) is 27.5 Å². The van der Waals surface area contributed by atoms with Crippen molar-refractivity contribution >= 4 is 23.5 Å². The Hall–Kier alpha value is 0.660. The molecule has 2 fully saturated rings. The van der Waals surface area contributed by atoms with Crippen LogP contribution in [0, 0.1) is 11.8 Å². The molecule has 0 aromatic rings. The van der Waals surface area contributed by atoms with Gasteiger partial charge in [0.2, 0.25) is 0 Å². The number of rotatable bonds is 2. The zero-order chi connectivity index (χ0) is 12.4. The van der Waals surface area contributed by atoms with E-state index in [2.05, 4.69) is 44.3 Å². The topological polar surface area (TPSA) is 26.0 Å². The van der Waals surface area contributed by atoms with Gasteiger partial charge in [-0.25, -0.2) is 0 Å². The third kappa shape index (κ3) is 3.57. The summed E-state index contributed by atoms with van der Waals surface area (Å²) in [5.41, 5.74) is 6.56. The van der Waals surface area contributed by atoms with E-state index in [1.807, 2.05) is 0 Å². The lowest BCUT2D eigenvalue weighted by molar-refractivity contribution is 0.246. The van der Waals surface area contributed by atoms with Crippen molar-refractivity contribution in [3.8, 4) is 0 Å². The maximum atomic E-state index is 6.56. The van der Waals surface area contributed by atoms with Gasteiger partial charge in [-0.15, -0.1) is 0 Å². The van der Waals surface area contributed by atoms with Crippen LogP contribution in [-0.2, 0) is 0 Å². The molecule has 17 heavy (non-hydrogen) atoms. The summed E-state index contributed by atoms with van der Waals surface area (Å²) in [5.74, 6) is 2.96. The van der Waals surface area contributed by atoms with E-state index < -0.39 is 0 Å². The van der Waals surface area contributed by atoms with Crippen molar-refractivity contribution in [3.05, 3.63) is 0 Å². The van der Waals surface area contributed by atoms with Crippen molar-refractivity contribution in [1.29, 1.82) is 0 Å². The SMILES string of the molecule is CC1CCCC(C(N)C2CSC(C)C(C)S2)C1. The highest BCUT2D eigenvalue weighted by Crippen LogP contribution is 2.40. The Balaban J connectivity index is 1.88. The summed E-state index contributed by atoms with van der Waals surface area (Å²) in [6, 6.07) is 0.435. The molecule has 1 aliphatic carbocycles. The third-order valence-electron chi connectivity index (χ3n) is 4.52. The second kappa shape index (κ2) is 6.21. The van der Waals surface area contributed by atoms with E-state index in [4.69, 9.17) is 5.73 Å². The molecule has 0 amide bonds. The number of hydrogen-bond donors (Lipinski definition) is 1. The lowest BCUT2D eigenvalue weighted by Gasteiger charge is -2.39. The van der Waals surface area contributed by atoms with Gasteiger partial charge in [0.1, 0.15) is 0 Å². The third-order valence-corrected chi connectivity index (χ3v) is 8.06. The lowest BCUT2D eigenvalue weighted by atomic mass is 9.78. The van der Waals surface area contributed by atoms with Gasteiger partial charge in [-0.05, 0) is 24.7 Å². The first-order valence-corrected chi connectivity index (χ1v) is 9.09. The Morgan fingerprint density at radius 2 is 1.88 bits per heavy atom. The van der Waals surface area contributed by atoms with Crippen molar-refractivity contribution < 1.29 is 0 Å². The van der Waals surface area contributed by atoms with E-state index in [1.54, 1.807) is 0 Å². The van der Waals surface area contributed by atoms with Crippen LogP contribution in [0.2, 0.25) is 0 Å². The predicted octanol–water partition coefficient (Wildman–Crippen LogP) is 3.77. The molecule has 1 saturated heterocycles. The first-order valence-electron chi connectivity index (χ1n) is 7.10. The average molecular weight is 274 g/mol. The average Bonchev–Trinajstić information content (AvgIpc) is 2.32. The molecule has 1 nitrogen and oxygen atoms in total. The van der Waals surface area contributed by atoms with Gasteiger partial charge in [0.25, 0.3) is 0 Å². The molecule has 2 aliphatic rings. The van der Waals surface area contributed by atoms with Crippen molar-refractivity contribution in [2.45, 2.75) is 68.2 Å². The highest BCUT2D eigenvalue weighted by atomic mass is 32.2. The molecule has 0 radical (unpaired) electrons. The largest absolute Gasteiger partial charge is 0.326 e. The van der Waals surface area contributed by atoms with E-state index >= 15 is 0 Å². The van der Waals surface area contributed by atoms with Crippen LogP contribution in [0.15, 0.2) is 0 Å². The zero-order valence-corrected chi connectivity index (χ0v) is 13.0. The fourth-order valence-electron chi connectivity index (χ4n) is 3.14. The molecule has 3 heteroatoms. The number of nitrogens with two attached hydrogens (primary N) is 1. The van der Waals surface area contributed by atoms with Gasteiger partial charge in [-0.1, -0.05) is 33.6 Å². The smallest absolute Gasteiger partial charge is 0.0295 e. The number of hydrogen-bond acceptors (Lipinski definition) is 3. The lowest BCUT2D eigenvalue weighted by Crippen LogP contribution is -2.45. The summed E-state index contributed by atoms with van der Waals surface area (Å²) in [6.07, 6.45) is 5.56. The number of thioether (sulfide) groups is 2. The van der Waals surface area contributed by atoms with E-state index in [0.29, 0.717) is 11.3 Å². The molecule has 0 bridgehead atoms. The second-order valence-corrected chi connectivity index (χ2v) is 9.06. The van der Waals surface area contributed by atoms with Gasteiger partial charge < -0.3 is 5.73 Å². The monoisotopic (exact) mass is 273 g/mol. The minimum Gasteiger partial charge on any atom is -0.326 e. The Morgan fingerprint density at radius 1 is 1.12 bits per heavy atom. The fraction of sp³-hybridized carbons (Fsp3) is 1.00. The van der Waals surface area contributed by atoms with Crippen molar-refractivity contribution in [2.24, 2.45) is 17.6 Å². The maximum absolute atomic E-state index is 6.56. The van der Waals surface area contributed by atoms with Crippen LogP contribution >= 0.6 is 23.5 Å². The van der Waals surface area contributed by atoms with Gasteiger partial charge in [-0.3, -0.25) is 0 Å². The first-order chi connectivity index (χ1) is 8.08. The van der Waals surface area contributed by atoms with Gasteiger partial charge >= 0.3 is 0 Å². The minimum atomic E-state index is 0.435. The van der Waals surface area contributed by atoms with Crippen LogP contribution < -0.4 is 5.73 Å². The van der Waals surface area contributed by atoms with Crippen LogP contribution in [0.5, 0.6) is 0 Å². The zero-order valence-electron chi connectivity index (χ0n) is 11.4. The molecule has 0 aromatic carbocycles. The molecule has 6 atom stereocenters. The maximum Gasteiger partial charge on any atom is 0.0295 e. The quantitative estimate of drug-likeness (QED) is 0.829. The van der Waals surface area contributed by atoms with Crippen molar-refractivity contribution in [3.63, 3.8) is 0 Å². The highest BCUT2D eigenvalue weighted by Gasteiger charge is 2.34. The summed E-state index contributed by atoms with van der Waals surface area (Å²) in [4.78, 5) is 0. The normalized spacial score (nSPS) is 45.5.